The topological polar surface area (TPSA) is 41.1 Å². The van der Waals surface area contributed by atoms with Gasteiger partial charge >= 0.3 is 0 Å². The molecular weight excluding hydrogens is 322 g/mol. The van der Waals surface area contributed by atoms with Crippen LogP contribution in [0.1, 0.15) is 5.56 Å². The molecule has 1 N–H and O–H groups in total. The van der Waals surface area contributed by atoms with Crippen LogP contribution in [0.15, 0.2) is 36.4 Å². The summed E-state index contributed by atoms with van der Waals surface area (Å²) in [6.45, 7) is 5.17. The minimum atomic E-state index is -0.348. The SMILES string of the molecule is Cc1ccc(F)cc1-c1nc(N2CCNCC2)nc2cc(F)ccc12. The molecule has 1 saturated heterocycles. The van der Waals surface area contributed by atoms with Crippen molar-refractivity contribution >= 4 is 16.9 Å². The van der Waals surface area contributed by atoms with Gasteiger partial charge in [0, 0.05) is 43.2 Å². The Kier molecular flexibility index (Phi) is 4.05. The molecule has 0 saturated carbocycles. The molecule has 0 unspecified atom stereocenters. The fraction of sp³-hybridized carbons (Fsp3) is 0.263. The molecule has 3 aromatic rings. The van der Waals surface area contributed by atoms with Crippen LogP contribution in [0.5, 0.6) is 0 Å². The van der Waals surface area contributed by atoms with Crippen molar-refractivity contribution < 1.29 is 8.78 Å². The number of nitrogens with zero attached hydrogens (tertiary/aromatic N) is 3. The van der Waals surface area contributed by atoms with Gasteiger partial charge in [-0.15, -0.1) is 0 Å². The summed E-state index contributed by atoms with van der Waals surface area (Å²) in [6.07, 6.45) is 0. The smallest absolute Gasteiger partial charge is 0.226 e. The number of fused-ring (bicyclic) bond motifs is 1. The Bertz CT molecular complexity index is 936. The third-order valence-corrected chi connectivity index (χ3v) is 4.50. The fourth-order valence-corrected chi connectivity index (χ4v) is 3.15. The van der Waals surface area contributed by atoms with Gasteiger partial charge in [0.15, 0.2) is 0 Å². The van der Waals surface area contributed by atoms with E-state index in [9.17, 15) is 8.78 Å². The number of aromatic nitrogens is 2. The van der Waals surface area contributed by atoms with Crippen molar-refractivity contribution in [1.29, 1.82) is 0 Å². The third kappa shape index (κ3) is 3.05. The van der Waals surface area contributed by atoms with Gasteiger partial charge in [-0.3, -0.25) is 0 Å². The van der Waals surface area contributed by atoms with E-state index in [-0.39, 0.29) is 11.6 Å². The lowest BCUT2D eigenvalue weighted by molar-refractivity contribution is 0.580. The summed E-state index contributed by atoms with van der Waals surface area (Å²) < 4.78 is 27.6. The van der Waals surface area contributed by atoms with Gasteiger partial charge in [-0.2, -0.15) is 0 Å². The van der Waals surface area contributed by atoms with E-state index in [2.05, 4.69) is 15.2 Å². The first-order valence-corrected chi connectivity index (χ1v) is 8.31. The number of halogens is 2. The Labute approximate surface area is 144 Å². The molecule has 0 bridgehead atoms. The number of aryl methyl sites for hydroxylation is 1. The number of anilines is 1. The molecular formula is C19H18F2N4. The molecule has 0 amide bonds. The molecule has 2 heterocycles. The van der Waals surface area contributed by atoms with E-state index in [0.717, 1.165) is 31.7 Å². The zero-order valence-corrected chi connectivity index (χ0v) is 13.9. The highest BCUT2D eigenvalue weighted by Gasteiger charge is 2.18. The van der Waals surface area contributed by atoms with Crippen molar-refractivity contribution in [3.63, 3.8) is 0 Å². The molecule has 0 atom stereocenters. The van der Waals surface area contributed by atoms with E-state index < -0.39 is 0 Å². The number of rotatable bonds is 2. The highest BCUT2D eigenvalue weighted by molar-refractivity contribution is 5.94. The van der Waals surface area contributed by atoms with Crippen LogP contribution in [-0.2, 0) is 0 Å². The summed E-state index contributed by atoms with van der Waals surface area (Å²) in [7, 11) is 0. The van der Waals surface area contributed by atoms with Gasteiger partial charge in [-0.05, 0) is 36.8 Å². The molecule has 1 aromatic heterocycles. The Morgan fingerprint density at radius 1 is 0.960 bits per heavy atom. The lowest BCUT2D eigenvalue weighted by Gasteiger charge is -2.28. The molecule has 4 nitrogen and oxygen atoms in total. The average Bonchev–Trinajstić information content (AvgIpc) is 2.63. The second-order valence-electron chi connectivity index (χ2n) is 6.23. The first kappa shape index (κ1) is 15.9. The van der Waals surface area contributed by atoms with Gasteiger partial charge < -0.3 is 10.2 Å². The standard InChI is InChI=1S/C19H18F2N4/c1-12-2-3-13(20)10-16(12)18-15-5-4-14(21)11-17(15)23-19(24-18)25-8-6-22-7-9-25/h2-5,10-11,22H,6-9H2,1H3. The molecule has 0 radical (unpaired) electrons. The molecule has 6 heteroatoms. The van der Waals surface area contributed by atoms with Crippen molar-refractivity contribution in [2.24, 2.45) is 0 Å². The zero-order valence-electron chi connectivity index (χ0n) is 13.9. The fourth-order valence-electron chi connectivity index (χ4n) is 3.15. The lowest BCUT2D eigenvalue weighted by Crippen LogP contribution is -2.44. The van der Waals surface area contributed by atoms with Crippen LogP contribution < -0.4 is 10.2 Å². The van der Waals surface area contributed by atoms with E-state index in [4.69, 9.17) is 4.98 Å². The Balaban J connectivity index is 1.96. The first-order chi connectivity index (χ1) is 12.1. The number of hydrogen-bond acceptors (Lipinski definition) is 4. The zero-order chi connectivity index (χ0) is 17.4. The minimum absolute atomic E-state index is 0.321. The summed E-state index contributed by atoms with van der Waals surface area (Å²) >= 11 is 0. The first-order valence-electron chi connectivity index (χ1n) is 8.31. The van der Waals surface area contributed by atoms with Crippen molar-refractivity contribution in [1.82, 2.24) is 15.3 Å². The quantitative estimate of drug-likeness (QED) is 0.777. The average molecular weight is 340 g/mol. The Morgan fingerprint density at radius 3 is 2.48 bits per heavy atom. The van der Waals surface area contributed by atoms with Crippen molar-refractivity contribution in [2.75, 3.05) is 31.1 Å². The normalized spacial score (nSPS) is 14.9. The molecule has 0 spiro atoms. The van der Waals surface area contributed by atoms with Crippen molar-refractivity contribution in [2.45, 2.75) is 6.92 Å². The van der Waals surface area contributed by atoms with E-state index >= 15 is 0 Å². The summed E-state index contributed by atoms with van der Waals surface area (Å²) in [6, 6.07) is 9.08. The number of hydrogen-bond donors (Lipinski definition) is 1. The van der Waals surface area contributed by atoms with E-state index in [1.165, 1.54) is 24.3 Å². The largest absolute Gasteiger partial charge is 0.338 e. The summed E-state index contributed by atoms with van der Waals surface area (Å²) in [5.74, 6) is -0.115. The van der Waals surface area contributed by atoms with Crippen LogP contribution in [0.4, 0.5) is 14.7 Å². The highest BCUT2D eigenvalue weighted by Crippen LogP contribution is 2.31. The highest BCUT2D eigenvalue weighted by atomic mass is 19.1. The van der Waals surface area contributed by atoms with Gasteiger partial charge in [0.2, 0.25) is 5.95 Å². The number of piperazine rings is 1. The number of nitrogens with one attached hydrogen (secondary N) is 1. The predicted molar refractivity (Wildman–Crippen MR) is 94.7 cm³/mol. The molecule has 1 aliphatic rings. The molecule has 1 aliphatic heterocycles. The van der Waals surface area contributed by atoms with Gasteiger partial charge in [-0.25, -0.2) is 18.7 Å². The second kappa shape index (κ2) is 6.37. The van der Waals surface area contributed by atoms with Gasteiger partial charge in [0.05, 0.1) is 11.2 Å². The molecule has 4 rings (SSSR count). The van der Waals surface area contributed by atoms with Crippen molar-refractivity contribution in [3.05, 3.63) is 53.6 Å². The van der Waals surface area contributed by atoms with Crippen LogP contribution in [0.2, 0.25) is 0 Å². The third-order valence-electron chi connectivity index (χ3n) is 4.50. The maximum atomic E-state index is 13.8. The van der Waals surface area contributed by atoms with Gasteiger partial charge in [0.25, 0.3) is 0 Å². The molecule has 0 aliphatic carbocycles. The predicted octanol–water partition coefficient (Wildman–Crippen LogP) is 3.29. The monoisotopic (exact) mass is 340 g/mol. The van der Waals surface area contributed by atoms with Crippen LogP contribution in [0.25, 0.3) is 22.2 Å². The van der Waals surface area contributed by atoms with Gasteiger partial charge in [-0.1, -0.05) is 6.07 Å². The molecule has 1 fully saturated rings. The van der Waals surface area contributed by atoms with Crippen LogP contribution in [0.3, 0.4) is 0 Å². The van der Waals surface area contributed by atoms with Crippen LogP contribution >= 0.6 is 0 Å². The van der Waals surface area contributed by atoms with E-state index in [0.29, 0.717) is 28.1 Å². The summed E-state index contributed by atoms with van der Waals surface area (Å²) in [5, 5.41) is 4.00. The number of benzene rings is 2. The van der Waals surface area contributed by atoms with Crippen LogP contribution in [-0.4, -0.2) is 36.1 Å². The summed E-state index contributed by atoms with van der Waals surface area (Å²) in [4.78, 5) is 11.3. The lowest BCUT2D eigenvalue weighted by atomic mass is 10.0. The van der Waals surface area contributed by atoms with E-state index in [1.807, 2.05) is 6.92 Å². The molecule has 25 heavy (non-hydrogen) atoms. The maximum absolute atomic E-state index is 13.8. The molecule has 2 aromatic carbocycles. The second-order valence-corrected chi connectivity index (χ2v) is 6.23. The van der Waals surface area contributed by atoms with Gasteiger partial charge in [0.1, 0.15) is 11.6 Å². The maximum Gasteiger partial charge on any atom is 0.226 e. The summed E-state index contributed by atoms with van der Waals surface area (Å²) in [5.41, 5.74) is 2.78. The Hall–Kier alpha value is -2.60. The van der Waals surface area contributed by atoms with Crippen LogP contribution in [0, 0.1) is 18.6 Å². The minimum Gasteiger partial charge on any atom is -0.338 e. The van der Waals surface area contributed by atoms with E-state index in [1.54, 1.807) is 12.1 Å². The van der Waals surface area contributed by atoms with Crippen molar-refractivity contribution in [3.8, 4) is 11.3 Å². The Morgan fingerprint density at radius 2 is 1.68 bits per heavy atom. The molecule has 128 valence electrons.